The summed E-state index contributed by atoms with van der Waals surface area (Å²) in [6.07, 6.45) is 2.50. The molecule has 4 nitrogen and oxygen atoms in total. The summed E-state index contributed by atoms with van der Waals surface area (Å²) in [5, 5.41) is 3.08. The van der Waals surface area contributed by atoms with Gasteiger partial charge in [-0.25, -0.2) is 0 Å². The molecule has 0 heterocycles. The first kappa shape index (κ1) is 20.4. The summed E-state index contributed by atoms with van der Waals surface area (Å²) in [5.74, 6) is 0.663. The second-order valence-corrected chi connectivity index (χ2v) is 8.36. The molecule has 1 amide bonds. The lowest BCUT2D eigenvalue weighted by molar-refractivity contribution is -0.122. The molecule has 0 rings (SSSR count). The predicted octanol–water partition coefficient (Wildman–Crippen LogP) is 2.48. The van der Waals surface area contributed by atoms with Gasteiger partial charge in [0.1, 0.15) is 0 Å². The topological polar surface area (TPSA) is 58.4 Å². The molecule has 0 radical (unpaired) electrons. The normalized spacial score (nSPS) is 14.3. The summed E-state index contributed by atoms with van der Waals surface area (Å²) in [6, 6.07) is 0. The molecule has 0 aliphatic rings. The molecule has 21 heavy (non-hydrogen) atoms. The smallest absolute Gasteiger partial charge is 0.220 e. The Labute approximate surface area is 131 Å². The van der Waals surface area contributed by atoms with Gasteiger partial charge >= 0.3 is 0 Å². The van der Waals surface area contributed by atoms with Gasteiger partial charge in [0.05, 0.1) is 0 Å². The van der Waals surface area contributed by atoms with Crippen molar-refractivity contribution in [3.63, 3.8) is 0 Å². The van der Waals surface area contributed by atoms with Crippen molar-refractivity contribution in [1.29, 1.82) is 0 Å². The molecule has 1 atom stereocenters. The number of hydrogen-bond acceptors (Lipinski definition) is 3. The lowest BCUT2D eigenvalue weighted by Gasteiger charge is -2.31. The molecule has 0 saturated carbocycles. The molecule has 0 bridgehead atoms. The van der Waals surface area contributed by atoms with Crippen LogP contribution >= 0.6 is 0 Å². The zero-order valence-electron chi connectivity index (χ0n) is 15.3. The van der Waals surface area contributed by atoms with Crippen LogP contribution in [0.4, 0.5) is 0 Å². The van der Waals surface area contributed by atoms with E-state index in [1.165, 1.54) is 0 Å². The van der Waals surface area contributed by atoms with Crippen molar-refractivity contribution in [2.45, 2.75) is 53.9 Å². The molecule has 0 aromatic carbocycles. The molecular formula is C17H37N3O. The Balaban J connectivity index is 4.20. The summed E-state index contributed by atoms with van der Waals surface area (Å²) in [5.41, 5.74) is 6.00. The van der Waals surface area contributed by atoms with Crippen molar-refractivity contribution in [2.24, 2.45) is 22.5 Å². The Bertz CT molecular complexity index is 306. The zero-order valence-corrected chi connectivity index (χ0v) is 15.3. The van der Waals surface area contributed by atoms with Crippen LogP contribution in [-0.2, 0) is 4.79 Å². The maximum absolute atomic E-state index is 12.1. The van der Waals surface area contributed by atoms with Crippen LogP contribution in [0.2, 0.25) is 0 Å². The van der Waals surface area contributed by atoms with E-state index in [1.54, 1.807) is 0 Å². The fourth-order valence-electron chi connectivity index (χ4n) is 2.86. The van der Waals surface area contributed by atoms with Gasteiger partial charge < -0.3 is 16.0 Å². The molecule has 1 unspecified atom stereocenters. The zero-order chi connectivity index (χ0) is 16.7. The minimum atomic E-state index is 0.0971. The Morgan fingerprint density at radius 2 is 1.71 bits per heavy atom. The van der Waals surface area contributed by atoms with Crippen LogP contribution < -0.4 is 11.1 Å². The third-order valence-electron chi connectivity index (χ3n) is 3.97. The average molecular weight is 300 g/mol. The maximum atomic E-state index is 12.1. The first-order valence-corrected chi connectivity index (χ1v) is 8.09. The van der Waals surface area contributed by atoms with E-state index < -0.39 is 0 Å². The number of carbonyl (C=O) groups is 1. The average Bonchev–Trinajstić information content (AvgIpc) is 2.29. The molecule has 126 valence electrons. The molecule has 0 saturated heterocycles. The standard InChI is InChI=1S/C17H37N3O/c1-16(2,3)14(10-11-18)8-9-15(21)19-12-17(4,5)13-20(6)7/h14H,8-13,18H2,1-7H3,(H,19,21). The van der Waals surface area contributed by atoms with Crippen LogP contribution in [0.15, 0.2) is 0 Å². The highest BCUT2D eigenvalue weighted by atomic mass is 16.1. The molecule has 0 aliphatic heterocycles. The number of amides is 1. The Morgan fingerprint density at radius 3 is 2.14 bits per heavy atom. The number of rotatable bonds is 9. The highest BCUT2D eigenvalue weighted by molar-refractivity contribution is 5.75. The number of carbonyl (C=O) groups excluding carboxylic acids is 1. The molecule has 0 aromatic rings. The van der Waals surface area contributed by atoms with Gasteiger partial charge in [0.15, 0.2) is 0 Å². The highest BCUT2D eigenvalue weighted by Crippen LogP contribution is 2.32. The quantitative estimate of drug-likeness (QED) is 0.687. The van der Waals surface area contributed by atoms with Crippen molar-refractivity contribution in [1.82, 2.24) is 10.2 Å². The van der Waals surface area contributed by atoms with E-state index in [0.29, 0.717) is 18.9 Å². The van der Waals surface area contributed by atoms with E-state index in [9.17, 15) is 4.79 Å². The van der Waals surface area contributed by atoms with Gasteiger partial charge in [-0.15, -0.1) is 0 Å². The predicted molar refractivity (Wildman–Crippen MR) is 91.2 cm³/mol. The lowest BCUT2D eigenvalue weighted by Crippen LogP contribution is -2.40. The van der Waals surface area contributed by atoms with Gasteiger partial charge in [0.2, 0.25) is 5.91 Å². The second-order valence-electron chi connectivity index (χ2n) is 8.36. The van der Waals surface area contributed by atoms with Gasteiger partial charge in [-0.05, 0) is 50.2 Å². The fourth-order valence-corrected chi connectivity index (χ4v) is 2.86. The first-order valence-electron chi connectivity index (χ1n) is 8.09. The SMILES string of the molecule is CN(C)CC(C)(C)CNC(=O)CCC(CCN)C(C)(C)C. The van der Waals surface area contributed by atoms with Crippen LogP contribution in [0.5, 0.6) is 0 Å². The van der Waals surface area contributed by atoms with Crippen molar-refractivity contribution in [2.75, 3.05) is 33.7 Å². The van der Waals surface area contributed by atoms with Gasteiger partial charge in [-0.2, -0.15) is 0 Å². The number of nitrogens with one attached hydrogen (secondary N) is 1. The third-order valence-corrected chi connectivity index (χ3v) is 3.97. The van der Waals surface area contributed by atoms with E-state index in [1.807, 2.05) is 0 Å². The van der Waals surface area contributed by atoms with Crippen LogP contribution in [0, 0.1) is 16.7 Å². The number of nitrogens with zero attached hydrogens (tertiary/aromatic N) is 1. The summed E-state index contributed by atoms with van der Waals surface area (Å²) >= 11 is 0. The van der Waals surface area contributed by atoms with Crippen molar-refractivity contribution >= 4 is 5.91 Å². The van der Waals surface area contributed by atoms with Crippen molar-refractivity contribution < 1.29 is 4.79 Å². The lowest BCUT2D eigenvalue weighted by atomic mass is 9.76. The Kier molecular flexibility index (Phi) is 8.49. The van der Waals surface area contributed by atoms with E-state index in [2.05, 4.69) is 58.9 Å². The van der Waals surface area contributed by atoms with Crippen LogP contribution in [0.3, 0.4) is 0 Å². The highest BCUT2D eigenvalue weighted by Gasteiger charge is 2.25. The molecule has 0 spiro atoms. The first-order chi connectivity index (χ1) is 9.48. The van der Waals surface area contributed by atoms with Gasteiger partial charge in [0.25, 0.3) is 0 Å². The summed E-state index contributed by atoms with van der Waals surface area (Å²) in [6.45, 7) is 13.4. The van der Waals surface area contributed by atoms with Crippen LogP contribution in [0.25, 0.3) is 0 Å². The second kappa shape index (κ2) is 8.74. The van der Waals surface area contributed by atoms with E-state index in [0.717, 1.165) is 25.9 Å². The largest absolute Gasteiger partial charge is 0.356 e. The summed E-state index contributed by atoms with van der Waals surface area (Å²) in [4.78, 5) is 14.2. The van der Waals surface area contributed by atoms with E-state index in [4.69, 9.17) is 5.73 Å². The van der Waals surface area contributed by atoms with Gasteiger partial charge in [-0.3, -0.25) is 4.79 Å². The van der Waals surface area contributed by atoms with E-state index >= 15 is 0 Å². The molecule has 4 heteroatoms. The van der Waals surface area contributed by atoms with Gasteiger partial charge in [-0.1, -0.05) is 34.6 Å². The van der Waals surface area contributed by atoms with Gasteiger partial charge in [0, 0.05) is 19.5 Å². The molecule has 0 aliphatic carbocycles. The number of hydrogen-bond donors (Lipinski definition) is 2. The van der Waals surface area contributed by atoms with Crippen LogP contribution in [-0.4, -0.2) is 44.5 Å². The molecule has 0 aromatic heterocycles. The maximum Gasteiger partial charge on any atom is 0.220 e. The monoisotopic (exact) mass is 299 g/mol. The summed E-state index contributed by atoms with van der Waals surface area (Å²) in [7, 11) is 4.12. The number of nitrogens with two attached hydrogens (primary N) is 1. The molecule has 0 fully saturated rings. The minimum Gasteiger partial charge on any atom is -0.356 e. The van der Waals surface area contributed by atoms with Crippen molar-refractivity contribution in [3.05, 3.63) is 0 Å². The van der Waals surface area contributed by atoms with E-state index in [-0.39, 0.29) is 16.7 Å². The minimum absolute atomic E-state index is 0.0971. The molecular weight excluding hydrogens is 262 g/mol. The van der Waals surface area contributed by atoms with Crippen molar-refractivity contribution in [3.8, 4) is 0 Å². The third kappa shape index (κ3) is 9.86. The fraction of sp³-hybridized carbons (Fsp3) is 0.941. The Morgan fingerprint density at radius 1 is 1.14 bits per heavy atom. The van der Waals surface area contributed by atoms with Crippen LogP contribution in [0.1, 0.15) is 53.9 Å². The Hall–Kier alpha value is -0.610. The summed E-state index contributed by atoms with van der Waals surface area (Å²) < 4.78 is 0. The molecule has 3 N–H and O–H groups in total.